The van der Waals surface area contributed by atoms with Crippen molar-refractivity contribution in [3.05, 3.63) is 69.2 Å². The van der Waals surface area contributed by atoms with Crippen LogP contribution in [-0.4, -0.2) is 34.6 Å². The fourth-order valence-electron chi connectivity index (χ4n) is 4.44. The monoisotopic (exact) mass is 520 g/mol. The van der Waals surface area contributed by atoms with Gasteiger partial charge in [-0.3, -0.25) is 9.59 Å². The number of aryl methyl sites for hydroxylation is 1. The Labute approximate surface area is 217 Å². The lowest BCUT2D eigenvalue weighted by Gasteiger charge is -2.33. The summed E-state index contributed by atoms with van der Waals surface area (Å²) in [5, 5.41) is 4.26. The van der Waals surface area contributed by atoms with Gasteiger partial charge in [-0.1, -0.05) is 85.3 Å². The van der Waals surface area contributed by atoms with Gasteiger partial charge in [0, 0.05) is 18.3 Å². The van der Waals surface area contributed by atoms with E-state index in [1.165, 1.54) is 18.2 Å². The summed E-state index contributed by atoms with van der Waals surface area (Å²) in [6, 6.07) is 13.4. The quantitative estimate of drug-likeness (QED) is 0.375. The van der Waals surface area contributed by atoms with Gasteiger partial charge in [0.15, 0.2) is 0 Å². The summed E-state index contributed by atoms with van der Waals surface area (Å²) in [5.74, 6) is 0.868. The van der Waals surface area contributed by atoms with Crippen molar-refractivity contribution in [1.29, 1.82) is 0 Å². The van der Waals surface area contributed by atoms with Gasteiger partial charge in [-0.2, -0.15) is 0 Å². The molecule has 0 spiro atoms. The van der Waals surface area contributed by atoms with E-state index in [9.17, 15) is 9.59 Å². The van der Waals surface area contributed by atoms with Gasteiger partial charge in [0.05, 0.1) is 15.8 Å². The molecule has 1 atom stereocenters. The molecule has 0 radical (unpaired) electrons. The highest BCUT2D eigenvalue weighted by molar-refractivity contribution is 7.99. The van der Waals surface area contributed by atoms with Gasteiger partial charge in [0.2, 0.25) is 11.8 Å². The standard InChI is InChI=1S/C27H34Cl2N2O2S/c1-3-25(27(33)30-22-10-5-4-6-11-22)31(16-20-9-7-8-19(2)14-20)26(32)18-34-17-21-12-13-23(28)24(29)15-21/h7-9,12-15,22,25H,3-6,10-11,16-18H2,1-2H3,(H,30,33). The fourth-order valence-corrected chi connectivity index (χ4v) is 5.62. The van der Waals surface area contributed by atoms with Crippen LogP contribution in [-0.2, 0) is 21.9 Å². The van der Waals surface area contributed by atoms with E-state index in [0.29, 0.717) is 34.5 Å². The molecule has 4 nitrogen and oxygen atoms in total. The number of amides is 2. The number of benzene rings is 2. The van der Waals surface area contributed by atoms with Crippen LogP contribution < -0.4 is 5.32 Å². The zero-order valence-corrected chi connectivity index (χ0v) is 22.3. The highest BCUT2D eigenvalue weighted by Gasteiger charge is 2.30. The largest absolute Gasteiger partial charge is 0.352 e. The summed E-state index contributed by atoms with van der Waals surface area (Å²) in [7, 11) is 0. The number of carbonyl (C=O) groups excluding carboxylic acids is 2. The normalized spacial score (nSPS) is 15.1. The van der Waals surface area contributed by atoms with E-state index in [1.807, 2.05) is 44.2 Å². The van der Waals surface area contributed by atoms with Crippen molar-refractivity contribution in [2.24, 2.45) is 0 Å². The third-order valence-corrected chi connectivity index (χ3v) is 7.98. The van der Waals surface area contributed by atoms with Crippen molar-refractivity contribution in [2.45, 2.75) is 76.8 Å². The molecule has 1 fully saturated rings. The van der Waals surface area contributed by atoms with Gasteiger partial charge in [-0.15, -0.1) is 11.8 Å². The number of nitrogens with zero attached hydrogens (tertiary/aromatic N) is 1. The van der Waals surface area contributed by atoms with Crippen LogP contribution in [0.25, 0.3) is 0 Å². The summed E-state index contributed by atoms with van der Waals surface area (Å²) < 4.78 is 0. The maximum atomic E-state index is 13.4. The summed E-state index contributed by atoms with van der Waals surface area (Å²) in [4.78, 5) is 28.4. The minimum Gasteiger partial charge on any atom is -0.352 e. The lowest BCUT2D eigenvalue weighted by atomic mass is 9.95. The fraction of sp³-hybridized carbons (Fsp3) is 0.481. The third-order valence-electron chi connectivity index (χ3n) is 6.25. The molecule has 0 heterocycles. The minimum atomic E-state index is -0.486. The summed E-state index contributed by atoms with van der Waals surface area (Å²) >= 11 is 13.7. The first kappa shape index (κ1) is 26.9. The molecule has 2 aromatic rings. The van der Waals surface area contributed by atoms with Crippen LogP contribution in [0.5, 0.6) is 0 Å². The van der Waals surface area contributed by atoms with Crippen molar-refractivity contribution >= 4 is 46.8 Å². The Hall–Kier alpha value is -1.69. The van der Waals surface area contributed by atoms with Crippen LogP contribution in [0.4, 0.5) is 0 Å². The Morgan fingerprint density at radius 1 is 1.06 bits per heavy atom. The molecule has 1 N–H and O–H groups in total. The number of halogens is 2. The van der Waals surface area contributed by atoms with E-state index < -0.39 is 6.04 Å². The summed E-state index contributed by atoms with van der Waals surface area (Å²) in [5.41, 5.74) is 3.19. The Kier molecular flexibility index (Phi) is 10.6. The SMILES string of the molecule is CCC(C(=O)NC1CCCCC1)N(Cc1cccc(C)c1)C(=O)CSCc1ccc(Cl)c(Cl)c1. The van der Waals surface area contributed by atoms with E-state index in [2.05, 4.69) is 11.4 Å². The Balaban J connectivity index is 1.70. The van der Waals surface area contributed by atoms with Crippen molar-refractivity contribution in [3.8, 4) is 0 Å². The zero-order valence-electron chi connectivity index (χ0n) is 20.0. The lowest BCUT2D eigenvalue weighted by Crippen LogP contribution is -2.52. The molecule has 3 rings (SSSR count). The van der Waals surface area contributed by atoms with E-state index >= 15 is 0 Å². The molecule has 1 saturated carbocycles. The van der Waals surface area contributed by atoms with Gasteiger partial charge in [0.25, 0.3) is 0 Å². The van der Waals surface area contributed by atoms with Crippen LogP contribution in [0.3, 0.4) is 0 Å². The van der Waals surface area contributed by atoms with Crippen molar-refractivity contribution in [3.63, 3.8) is 0 Å². The first-order valence-corrected chi connectivity index (χ1v) is 14.0. The first-order chi connectivity index (χ1) is 16.4. The molecule has 2 aromatic carbocycles. The Morgan fingerprint density at radius 3 is 2.50 bits per heavy atom. The molecular formula is C27H34Cl2N2O2S. The van der Waals surface area contributed by atoms with E-state index in [4.69, 9.17) is 23.2 Å². The number of hydrogen-bond donors (Lipinski definition) is 1. The van der Waals surface area contributed by atoms with E-state index in [-0.39, 0.29) is 17.9 Å². The summed E-state index contributed by atoms with van der Waals surface area (Å²) in [6.07, 6.45) is 6.16. The highest BCUT2D eigenvalue weighted by Crippen LogP contribution is 2.25. The van der Waals surface area contributed by atoms with E-state index in [0.717, 1.165) is 42.4 Å². The molecule has 1 aliphatic carbocycles. The first-order valence-electron chi connectivity index (χ1n) is 12.0. The average molecular weight is 522 g/mol. The second kappa shape index (κ2) is 13.4. The average Bonchev–Trinajstić information content (AvgIpc) is 2.82. The lowest BCUT2D eigenvalue weighted by molar-refractivity contribution is -0.139. The molecule has 1 unspecified atom stereocenters. The molecule has 7 heteroatoms. The molecule has 0 aromatic heterocycles. The van der Waals surface area contributed by atoms with Crippen molar-refractivity contribution in [1.82, 2.24) is 10.2 Å². The van der Waals surface area contributed by atoms with Crippen molar-refractivity contribution in [2.75, 3.05) is 5.75 Å². The number of rotatable bonds is 10. The second-order valence-electron chi connectivity index (χ2n) is 9.02. The van der Waals surface area contributed by atoms with E-state index in [1.54, 1.807) is 11.0 Å². The molecule has 2 amide bonds. The van der Waals surface area contributed by atoms with Gasteiger partial charge >= 0.3 is 0 Å². The van der Waals surface area contributed by atoms with Gasteiger partial charge in [0.1, 0.15) is 6.04 Å². The predicted octanol–water partition coefficient (Wildman–Crippen LogP) is 6.79. The number of thioether (sulfide) groups is 1. The van der Waals surface area contributed by atoms with Crippen LogP contribution >= 0.6 is 35.0 Å². The zero-order chi connectivity index (χ0) is 24.5. The third kappa shape index (κ3) is 7.93. The van der Waals surface area contributed by atoms with Gasteiger partial charge < -0.3 is 10.2 Å². The molecule has 1 aliphatic rings. The molecule has 0 bridgehead atoms. The van der Waals surface area contributed by atoms with Crippen LogP contribution in [0, 0.1) is 6.92 Å². The molecular weight excluding hydrogens is 487 g/mol. The van der Waals surface area contributed by atoms with Crippen LogP contribution in [0.15, 0.2) is 42.5 Å². The highest BCUT2D eigenvalue weighted by atomic mass is 35.5. The number of nitrogens with one attached hydrogen (secondary N) is 1. The number of carbonyl (C=O) groups is 2. The molecule has 0 saturated heterocycles. The van der Waals surface area contributed by atoms with Gasteiger partial charge in [-0.05, 0) is 49.4 Å². The second-order valence-corrected chi connectivity index (χ2v) is 10.8. The van der Waals surface area contributed by atoms with Crippen LogP contribution in [0.1, 0.15) is 62.1 Å². The smallest absolute Gasteiger partial charge is 0.243 e. The topological polar surface area (TPSA) is 49.4 Å². The molecule has 0 aliphatic heterocycles. The van der Waals surface area contributed by atoms with Gasteiger partial charge in [-0.25, -0.2) is 0 Å². The van der Waals surface area contributed by atoms with Crippen molar-refractivity contribution < 1.29 is 9.59 Å². The predicted molar refractivity (Wildman–Crippen MR) is 143 cm³/mol. The Bertz CT molecular complexity index is 979. The minimum absolute atomic E-state index is 0.0304. The van der Waals surface area contributed by atoms with Crippen LogP contribution in [0.2, 0.25) is 10.0 Å². The maximum absolute atomic E-state index is 13.4. The Morgan fingerprint density at radius 2 is 1.82 bits per heavy atom. The maximum Gasteiger partial charge on any atom is 0.243 e. The molecule has 34 heavy (non-hydrogen) atoms. The molecule has 184 valence electrons. The number of hydrogen-bond acceptors (Lipinski definition) is 3. The summed E-state index contributed by atoms with van der Waals surface area (Å²) in [6.45, 7) is 4.44.